The summed E-state index contributed by atoms with van der Waals surface area (Å²) in [5.74, 6) is 7.15. The molecule has 4 nitrogen and oxygen atoms in total. The minimum atomic E-state index is -0.0287. The molecule has 2 rings (SSSR count). The zero-order valence-corrected chi connectivity index (χ0v) is 12.4. The van der Waals surface area contributed by atoms with Crippen LogP contribution in [0.2, 0.25) is 0 Å². The summed E-state index contributed by atoms with van der Waals surface area (Å²) in [6.07, 6.45) is 8.00. The molecule has 102 valence electrons. The molecule has 0 spiro atoms. The molecular formula is C14H18BrN3O. The molecule has 1 aromatic rings. The molecule has 0 aliphatic heterocycles. The molecular weight excluding hydrogens is 306 g/mol. The van der Waals surface area contributed by atoms with Gasteiger partial charge in [-0.2, -0.15) is 0 Å². The van der Waals surface area contributed by atoms with Gasteiger partial charge in [-0.3, -0.25) is 0 Å². The van der Waals surface area contributed by atoms with Crippen molar-refractivity contribution in [3.05, 3.63) is 22.7 Å². The lowest BCUT2D eigenvalue weighted by atomic mass is 9.86. The van der Waals surface area contributed by atoms with Crippen molar-refractivity contribution in [3.8, 4) is 11.8 Å². The normalized spacial score (nSPS) is 22.6. The first-order valence-corrected chi connectivity index (χ1v) is 7.36. The van der Waals surface area contributed by atoms with E-state index in [1.54, 1.807) is 12.4 Å². The molecule has 0 radical (unpaired) electrons. The highest BCUT2D eigenvalue weighted by atomic mass is 79.9. The summed E-state index contributed by atoms with van der Waals surface area (Å²) < 4.78 is 0.902. The predicted molar refractivity (Wildman–Crippen MR) is 77.2 cm³/mol. The van der Waals surface area contributed by atoms with E-state index in [1.807, 2.05) is 0 Å². The van der Waals surface area contributed by atoms with Crippen molar-refractivity contribution in [2.75, 3.05) is 6.61 Å². The highest BCUT2D eigenvalue weighted by molar-refractivity contribution is 9.10. The van der Waals surface area contributed by atoms with Gasteiger partial charge in [-0.25, -0.2) is 9.97 Å². The third kappa shape index (κ3) is 4.90. The second-order valence-electron chi connectivity index (χ2n) is 4.73. The molecule has 0 atom stereocenters. The van der Waals surface area contributed by atoms with Crippen LogP contribution in [0.3, 0.4) is 0 Å². The van der Waals surface area contributed by atoms with Gasteiger partial charge in [0, 0.05) is 24.4 Å². The molecule has 0 bridgehead atoms. The minimum absolute atomic E-state index is 0.0287. The number of nitrogens with one attached hydrogen (secondary N) is 1. The van der Waals surface area contributed by atoms with Crippen LogP contribution in [-0.4, -0.2) is 27.7 Å². The lowest BCUT2D eigenvalue weighted by Crippen LogP contribution is -2.33. The first kappa shape index (κ1) is 14.4. The third-order valence-corrected chi connectivity index (χ3v) is 3.74. The summed E-state index contributed by atoms with van der Waals surface area (Å²) in [4.78, 5) is 8.50. The van der Waals surface area contributed by atoms with E-state index in [1.165, 1.54) is 0 Å². The SMILES string of the molecule is OCC#CC1CCC(NCc2ncc(Br)cn2)CC1. The minimum Gasteiger partial charge on any atom is -0.384 e. The third-order valence-electron chi connectivity index (χ3n) is 3.34. The number of hydrogen-bond donors (Lipinski definition) is 2. The zero-order valence-electron chi connectivity index (χ0n) is 10.8. The van der Waals surface area contributed by atoms with Gasteiger partial charge in [-0.05, 0) is 41.6 Å². The van der Waals surface area contributed by atoms with Gasteiger partial charge < -0.3 is 10.4 Å². The maximum absolute atomic E-state index is 8.68. The van der Waals surface area contributed by atoms with E-state index in [2.05, 4.69) is 43.1 Å². The topological polar surface area (TPSA) is 58.0 Å². The van der Waals surface area contributed by atoms with Crippen LogP contribution in [-0.2, 0) is 6.54 Å². The van der Waals surface area contributed by atoms with Crippen LogP contribution in [0.15, 0.2) is 16.9 Å². The van der Waals surface area contributed by atoms with Gasteiger partial charge in [0.25, 0.3) is 0 Å². The lowest BCUT2D eigenvalue weighted by Gasteiger charge is -2.26. The van der Waals surface area contributed by atoms with Crippen LogP contribution >= 0.6 is 15.9 Å². The van der Waals surface area contributed by atoms with Gasteiger partial charge >= 0.3 is 0 Å². The van der Waals surface area contributed by atoms with Crippen LogP contribution in [0.25, 0.3) is 0 Å². The predicted octanol–water partition coefficient (Wildman–Crippen LogP) is 1.88. The molecule has 1 saturated carbocycles. The molecule has 0 saturated heterocycles. The van der Waals surface area contributed by atoms with E-state index in [0.29, 0.717) is 18.5 Å². The van der Waals surface area contributed by atoms with Crippen molar-refractivity contribution in [1.82, 2.24) is 15.3 Å². The lowest BCUT2D eigenvalue weighted by molar-refractivity contribution is 0.328. The fourth-order valence-electron chi connectivity index (χ4n) is 2.30. The quantitative estimate of drug-likeness (QED) is 0.834. The second-order valence-corrected chi connectivity index (χ2v) is 5.64. The molecule has 1 heterocycles. The van der Waals surface area contributed by atoms with E-state index < -0.39 is 0 Å². The Hall–Kier alpha value is -0.960. The first-order chi connectivity index (χ1) is 9.28. The Labute approximate surface area is 122 Å². The maximum atomic E-state index is 8.68. The monoisotopic (exact) mass is 323 g/mol. The Balaban J connectivity index is 1.72. The number of rotatable bonds is 3. The molecule has 0 amide bonds. The van der Waals surface area contributed by atoms with E-state index in [-0.39, 0.29) is 6.61 Å². The highest BCUT2D eigenvalue weighted by Crippen LogP contribution is 2.23. The van der Waals surface area contributed by atoms with Gasteiger partial charge in [0.2, 0.25) is 0 Å². The largest absolute Gasteiger partial charge is 0.384 e. The summed E-state index contributed by atoms with van der Waals surface area (Å²) in [6, 6.07) is 0.527. The van der Waals surface area contributed by atoms with Gasteiger partial charge in [0.05, 0.1) is 11.0 Å². The van der Waals surface area contributed by atoms with Crippen molar-refractivity contribution < 1.29 is 5.11 Å². The van der Waals surface area contributed by atoms with E-state index in [4.69, 9.17) is 5.11 Å². The van der Waals surface area contributed by atoms with Crippen LogP contribution in [0.1, 0.15) is 31.5 Å². The Kier molecular flexibility index (Phi) is 5.77. The molecule has 19 heavy (non-hydrogen) atoms. The fraction of sp³-hybridized carbons (Fsp3) is 0.571. The molecule has 1 aliphatic rings. The van der Waals surface area contributed by atoms with Crippen molar-refractivity contribution in [2.45, 2.75) is 38.3 Å². The number of halogens is 1. The van der Waals surface area contributed by atoms with E-state index in [0.717, 1.165) is 36.0 Å². The average molecular weight is 324 g/mol. The van der Waals surface area contributed by atoms with Gasteiger partial charge in [0.15, 0.2) is 0 Å². The van der Waals surface area contributed by atoms with Crippen molar-refractivity contribution in [2.24, 2.45) is 5.92 Å². The standard InChI is InChI=1S/C14H18BrN3O/c15-12-8-17-14(18-9-12)10-16-13-5-3-11(4-6-13)2-1-7-19/h8-9,11,13,16,19H,3-7,10H2. The first-order valence-electron chi connectivity index (χ1n) is 6.57. The molecule has 1 aromatic heterocycles. The Morgan fingerprint density at radius 1 is 1.26 bits per heavy atom. The van der Waals surface area contributed by atoms with E-state index in [9.17, 15) is 0 Å². The molecule has 5 heteroatoms. The summed E-state index contributed by atoms with van der Waals surface area (Å²) in [5.41, 5.74) is 0. The molecule has 1 fully saturated rings. The van der Waals surface area contributed by atoms with Gasteiger partial charge in [0.1, 0.15) is 12.4 Å². The zero-order chi connectivity index (χ0) is 13.5. The summed E-state index contributed by atoms with van der Waals surface area (Å²) >= 11 is 3.32. The van der Waals surface area contributed by atoms with Crippen molar-refractivity contribution >= 4 is 15.9 Å². The Bertz CT molecular complexity index is 444. The number of aromatic nitrogens is 2. The van der Waals surface area contributed by atoms with Crippen molar-refractivity contribution in [3.63, 3.8) is 0 Å². The number of hydrogen-bond acceptors (Lipinski definition) is 4. The molecule has 0 aromatic carbocycles. The van der Waals surface area contributed by atoms with Crippen LogP contribution in [0.4, 0.5) is 0 Å². The number of aliphatic hydroxyl groups is 1. The van der Waals surface area contributed by atoms with Gasteiger partial charge in [-0.15, -0.1) is 0 Å². The molecule has 1 aliphatic carbocycles. The number of aliphatic hydroxyl groups excluding tert-OH is 1. The van der Waals surface area contributed by atoms with E-state index >= 15 is 0 Å². The second kappa shape index (κ2) is 7.59. The number of nitrogens with zero attached hydrogens (tertiary/aromatic N) is 2. The molecule has 0 unspecified atom stereocenters. The smallest absolute Gasteiger partial charge is 0.142 e. The van der Waals surface area contributed by atoms with Crippen LogP contribution in [0, 0.1) is 17.8 Å². The van der Waals surface area contributed by atoms with Gasteiger partial charge in [-0.1, -0.05) is 11.8 Å². The van der Waals surface area contributed by atoms with Crippen molar-refractivity contribution in [1.29, 1.82) is 0 Å². The Morgan fingerprint density at radius 2 is 1.95 bits per heavy atom. The average Bonchev–Trinajstić information content (AvgIpc) is 2.46. The molecule has 2 N–H and O–H groups in total. The highest BCUT2D eigenvalue weighted by Gasteiger charge is 2.19. The maximum Gasteiger partial charge on any atom is 0.142 e. The van der Waals surface area contributed by atoms with Crippen LogP contribution < -0.4 is 5.32 Å². The fourth-order valence-corrected chi connectivity index (χ4v) is 2.50. The summed E-state index contributed by atoms with van der Waals surface area (Å²) in [6.45, 7) is 0.685. The summed E-state index contributed by atoms with van der Waals surface area (Å²) in [5, 5.41) is 12.2. The van der Waals surface area contributed by atoms with Crippen LogP contribution in [0.5, 0.6) is 0 Å². The summed E-state index contributed by atoms with van der Waals surface area (Å²) in [7, 11) is 0. The Morgan fingerprint density at radius 3 is 2.58 bits per heavy atom.